The van der Waals surface area contributed by atoms with Gasteiger partial charge in [0.15, 0.2) is 11.8 Å². The van der Waals surface area contributed by atoms with Crippen molar-refractivity contribution in [1.82, 2.24) is 25.4 Å². The molecule has 0 bridgehead atoms. The van der Waals surface area contributed by atoms with Gasteiger partial charge in [0, 0.05) is 32.2 Å². The van der Waals surface area contributed by atoms with Crippen molar-refractivity contribution in [1.29, 1.82) is 0 Å². The highest BCUT2D eigenvalue weighted by Gasteiger charge is 2.17. The smallest absolute Gasteiger partial charge is 0.193 e. The molecule has 1 aliphatic rings. The summed E-state index contributed by atoms with van der Waals surface area (Å²) < 4.78 is 0. The summed E-state index contributed by atoms with van der Waals surface area (Å²) in [5.74, 6) is 1.74. The molecule has 148 valence electrons. The zero-order valence-corrected chi connectivity index (χ0v) is 16.7. The number of hydrogen-bond acceptors (Lipinski definition) is 3. The highest BCUT2D eigenvalue weighted by atomic mass is 15.3. The van der Waals surface area contributed by atoms with Gasteiger partial charge < -0.3 is 10.2 Å². The zero-order chi connectivity index (χ0) is 19.9. The van der Waals surface area contributed by atoms with E-state index in [4.69, 9.17) is 0 Å². The number of likely N-dealkylation sites (tertiary alicyclic amines) is 1. The Morgan fingerprint density at radius 3 is 2.69 bits per heavy atom. The molecule has 6 nitrogen and oxygen atoms in total. The molecule has 2 N–H and O–H groups in total. The quantitative estimate of drug-likeness (QED) is 0.530. The SMILES string of the molecule is CN=C(NCc1cccc(-c2ncn[nH]2)c1)N1CCC(=Cc2ccccc2)CC1. The first-order chi connectivity index (χ1) is 14.3. The molecule has 0 atom stereocenters. The summed E-state index contributed by atoms with van der Waals surface area (Å²) in [6.07, 6.45) is 5.98. The second kappa shape index (κ2) is 9.19. The lowest BCUT2D eigenvalue weighted by atomic mass is 10.0. The van der Waals surface area contributed by atoms with Crippen LogP contribution in [0.3, 0.4) is 0 Å². The van der Waals surface area contributed by atoms with Crippen molar-refractivity contribution < 1.29 is 0 Å². The van der Waals surface area contributed by atoms with Crippen LogP contribution in [0.4, 0.5) is 0 Å². The summed E-state index contributed by atoms with van der Waals surface area (Å²) in [5, 5.41) is 10.3. The monoisotopic (exact) mass is 386 g/mol. The third-order valence-corrected chi connectivity index (χ3v) is 5.15. The first-order valence-electron chi connectivity index (χ1n) is 9.96. The Labute approximate surface area is 171 Å². The van der Waals surface area contributed by atoms with Gasteiger partial charge in [0.2, 0.25) is 0 Å². The van der Waals surface area contributed by atoms with Gasteiger partial charge in [0.25, 0.3) is 0 Å². The van der Waals surface area contributed by atoms with E-state index in [-0.39, 0.29) is 0 Å². The van der Waals surface area contributed by atoms with Crippen LogP contribution in [0.25, 0.3) is 17.5 Å². The van der Waals surface area contributed by atoms with Gasteiger partial charge in [-0.05, 0) is 30.0 Å². The van der Waals surface area contributed by atoms with Crippen LogP contribution in [0.2, 0.25) is 0 Å². The summed E-state index contributed by atoms with van der Waals surface area (Å²) in [4.78, 5) is 11.1. The number of nitrogens with zero attached hydrogens (tertiary/aromatic N) is 4. The molecule has 1 fully saturated rings. The first kappa shape index (κ1) is 18.9. The van der Waals surface area contributed by atoms with Crippen molar-refractivity contribution in [3.8, 4) is 11.4 Å². The maximum atomic E-state index is 4.49. The fourth-order valence-corrected chi connectivity index (χ4v) is 3.62. The van der Waals surface area contributed by atoms with Gasteiger partial charge in [-0.25, -0.2) is 4.98 Å². The lowest BCUT2D eigenvalue weighted by Crippen LogP contribution is -2.44. The van der Waals surface area contributed by atoms with Crippen molar-refractivity contribution in [2.24, 2.45) is 4.99 Å². The molecule has 1 saturated heterocycles. The minimum Gasteiger partial charge on any atom is -0.352 e. The van der Waals surface area contributed by atoms with Crippen LogP contribution >= 0.6 is 0 Å². The van der Waals surface area contributed by atoms with E-state index in [1.54, 1.807) is 0 Å². The summed E-state index contributed by atoms with van der Waals surface area (Å²) in [6, 6.07) is 18.9. The summed E-state index contributed by atoms with van der Waals surface area (Å²) in [6.45, 7) is 2.69. The molecule has 2 heterocycles. The van der Waals surface area contributed by atoms with Gasteiger partial charge in [0.1, 0.15) is 6.33 Å². The molecular weight excluding hydrogens is 360 g/mol. The van der Waals surface area contributed by atoms with Crippen LogP contribution in [0.15, 0.2) is 71.5 Å². The van der Waals surface area contributed by atoms with Crippen molar-refractivity contribution >= 4 is 12.0 Å². The van der Waals surface area contributed by atoms with E-state index >= 15 is 0 Å². The number of H-pyrrole nitrogens is 1. The lowest BCUT2D eigenvalue weighted by molar-refractivity contribution is 0.375. The highest BCUT2D eigenvalue weighted by Crippen LogP contribution is 2.20. The van der Waals surface area contributed by atoms with E-state index in [1.165, 1.54) is 23.0 Å². The van der Waals surface area contributed by atoms with Crippen LogP contribution in [0.1, 0.15) is 24.0 Å². The number of aliphatic imine (C=N–C) groups is 1. The predicted octanol–water partition coefficient (Wildman–Crippen LogP) is 3.73. The Hall–Kier alpha value is -3.41. The van der Waals surface area contributed by atoms with Crippen LogP contribution in [-0.4, -0.2) is 46.2 Å². The molecule has 1 aliphatic heterocycles. The first-order valence-corrected chi connectivity index (χ1v) is 9.96. The zero-order valence-electron chi connectivity index (χ0n) is 16.7. The molecule has 4 rings (SSSR count). The van der Waals surface area contributed by atoms with Gasteiger partial charge in [-0.1, -0.05) is 60.2 Å². The molecule has 2 aromatic carbocycles. The fraction of sp³-hybridized carbons (Fsp3) is 0.261. The Kier molecular flexibility index (Phi) is 6.00. The second-order valence-electron chi connectivity index (χ2n) is 7.14. The number of rotatable bonds is 4. The van der Waals surface area contributed by atoms with Gasteiger partial charge in [-0.15, -0.1) is 0 Å². The van der Waals surface area contributed by atoms with Crippen molar-refractivity contribution in [3.63, 3.8) is 0 Å². The van der Waals surface area contributed by atoms with E-state index in [9.17, 15) is 0 Å². The molecule has 0 aliphatic carbocycles. The maximum Gasteiger partial charge on any atom is 0.193 e. The molecule has 0 unspecified atom stereocenters. The largest absolute Gasteiger partial charge is 0.352 e. The van der Waals surface area contributed by atoms with E-state index in [0.717, 1.165) is 49.8 Å². The van der Waals surface area contributed by atoms with Crippen LogP contribution in [0.5, 0.6) is 0 Å². The second-order valence-corrected chi connectivity index (χ2v) is 7.14. The molecule has 1 aromatic heterocycles. The number of aromatic nitrogens is 3. The van der Waals surface area contributed by atoms with Crippen LogP contribution in [0, 0.1) is 0 Å². The normalized spacial score (nSPS) is 14.7. The van der Waals surface area contributed by atoms with E-state index in [0.29, 0.717) is 0 Å². The molecule has 29 heavy (non-hydrogen) atoms. The molecule has 0 amide bonds. The standard InChI is InChI=1S/C23H26N6/c1-24-23(25-16-20-8-5-9-21(15-20)22-26-17-27-28-22)29-12-10-19(11-13-29)14-18-6-3-2-4-7-18/h2-9,14-15,17H,10-13,16H2,1H3,(H,24,25)(H,26,27,28). The molecular formula is C23H26N6. The van der Waals surface area contributed by atoms with Crippen molar-refractivity contribution in [3.05, 3.63) is 77.6 Å². The Balaban J connectivity index is 1.34. The highest BCUT2D eigenvalue weighted by molar-refractivity contribution is 5.80. The number of hydrogen-bond donors (Lipinski definition) is 2. The van der Waals surface area contributed by atoms with E-state index in [1.807, 2.05) is 19.2 Å². The average molecular weight is 387 g/mol. The third kappa shape index (κ3) is 4.90. The molecule has 0 saturated carbocycles. The Morgan fingerprint density at radius 2 is 1.97 bits per heavy atom. The van der Waals surface area contributed by atoms with Gasteiger partial charge in [-0.3, -0.25) is 10.1 Å². The minimum absolute atomic E-state index is 0.720. The molecule has 6 heteroatoms. The van der Waals surface area contributed by atoms with Crippen molar-refractivity contribution in [2.75, 3.05) is 20.1 Å². The van der Waals surface area contributed by atoms with Gasteiger partial charge >= 0.3 is 0 Å². The number of guanidine groups is 1. The van der Waals surface area contributed by atoms with Gasteiger partial charge in [-0.2, -0.15) is 5.10 Å². The lowest BCUT2D eigenvalue weighted by Gasteiger charge is -2.31. The molecule has 0 spiro atoms. The average Bonchev–Trinajstić information content (AvgIpc) is 3.31. The van der Waals surface area contributed by atoms with E-state index < -0.39 is 0 Å². The third-order valence-electron chi connectivity index (χ3n) is 5.15. The Morgan fingerprint density at radius 1 is 1.14 bits per heavy atom. The predicted molar refractivity (Wildman–Crippen MR) is 117 cm³/mol. The topological polar surface area (TPSA) is 69.2 Å². The number of piperidine rings is 1. The number of aromatic amines is 1. The van der Waals surface area contributed by atoms with Crippen LogP contribution < -0.4 is 5.32 Å². The summed E-state index contributed by atoms with van der Waals surface area (Å²) in [7, 11) is 1.85. The fourth-order valence-electron chi connectivity index (χ4n) is 3.62. The van der Waals surface area contributed by atoms with Crippen LogP contribution in [-0.2, 0) is 6.54 Å². The van der Waals surface area contributed by atoms with Crippen molar-refractivity contribution in [2.45, 2.75) is 19.4 Å². The molecule has 3 aromatic rings. The van der Waals surface area contributed by atoms with E-state index in [2.05, 4.69) is 78.9 Å². The number of benzene rings is 2. The summed E-state index contributed by atoms with van der Waals surface area (Å²) >= 11 is 0. The minimum atomic E-state index is 0.720. The summed E-state index contributed by atoms with van der Waals surface area (Å²) in [5.41, 5.74) is 5.00. The number of nitrogens with one attached hydrogen (secondary N) is 2. The Bertz CT molecular complexity index is 966. The van der Waals surface area contributed by atoms with Gasteiger partial charge in [0.05, 0.1) is 0 Å². The maximum absolute atomic E-state index is 4.49. The molecule has 0 radical (unpaired) electrons.